The molecular formula is C20H26N4OS. The number of likely N-dealkylation sites (tertiary alicyclic amines) is 1. The van der Waals surface area contributed by atoms with Gasteiger partial charge < -0.3 is 5.32 Å². The van der Waals surface area contributed by atoms with Crippen LogP contribution in [-0.4, -0.2) is 45.7 Å². The van der Waals surface area contributed by atoms with Crippen LogP contribution in [0, 0.1) is 13.8 Å². The second kappa shape index (κ2) is 9.14. The van der Waals surface area contributed by atoms with E-state index >= 15 is 0 Å². The number of nitrogens with one attached hydrogen (secondary N) is 1. The van der Waals surface area contributed by atoms with Crippen molar-refractivity contribution < 1.29 is 4.79 Å². The SMILES string of the molecule is Cc1cc(C)nc(SCC(=O)NC2CCN(Cc3ccccc3)CC2)n1. The van der Waals surface area contributed by atoms with Gasteiger partial charge in [0.2, 0.25) is 5.91 Å². The van der Waals surface area contributed by atoms with Crippen molar-refractivity contribution in [1.82, 2.24) is 20.2 Å². The quantitative estimate of drug-likeness (QED) is 0.626. The number of hydrogen-bond acceptors (Lipinski definition) is 5. The summed E-state index contributed by atoms with van der Waals surface area (Å²) in [6, 6.07) is 12.8. The van der Waals surface area contributed by atoms with Crippen molar-refractivity contribution in [3.05, 3.63) is 53.3 Å². The second-order valence-electron chi connectivity index (χ2n) is 6.83. The molecule has 1 amide bonds. The van der Waals surface area contributed by atoms with Crippen LogP contribution < -0.4 is 5.32 Å². The van der Waals surface area contributed by atoms with Crippen molar-refractivity contribution in [3.8, 4) is 0 Å². The van der Waals surface area contributed by atoms with Crippen molar-refractivity contribution >= 4 is 17.7 Å². The Morgan fingerprint density at radius 3 is 2.46 bits per heavy atom. The first-order chi connectivity index (χ1) is 12.6. The van der Waals surface area contributed by atoms with E-state index in [0.717, 1.165) is 43.9 Å². The second-order valence-corrected chi connectivity index (χ2v) is 7.77. The van der Waals surface area contributed by atoms with E-state index < -0.39 is 0 Å². The van der Waals surface area contributed by atoms with E-state index in [0.29, 0.717) is 10.9 Å². The molecule has 0 unspecified atom stereocenters. The van der Waals surface area contributed by atoms with Gasteiger partial charge in [-0.15, -0.1) is 0 Å². The lowest BCUT2D eigenvalue weighted by Crippen LogP contribution is -2.44. The van der Waals surface area contributed by atoms with Gasteiger partial charge in [-0.25, -0.2) is 9.97 Å². The number of thioether (sulfide) groups is 1. The number of hydrogen-bond donors (Lipinski definition) is 1. The van der Waals surface area contributed by atoms with Crippen LogP contribution in [0.1, 0.15) is 29.8 Å². The number of aromatic nitrogens is 2. The first-order valence-corrected chi connectivity index (χ1v) is 10.1. The molecule has 2 heterocycles. The number of rotatable bonds is 6. The molecule has 1 aromatic heterocycles. The molecule has 6 heteroatoms. The average molecular weight is 371 g/mol. The number of carbonyl (C=O) groups excluding carboxylic acids is 1. The fourth-order valence-corrected chi connectivity index (χ4v) is 4.00. The number of nitrogens with zero attached hydrogens (tertiary/aromatic N) is 3. The van der Waals surface area contributed by atoms with Gasteiger partial charge in [-0.1, -0.05) is 42.1 Å². The molecule has 1 fully saturated rings. The molecule has 1 aliphatic heterocycles. The van der Waals surface area contributed by atoms with E-state index in [2.05, 4.69) is 44.5 Å². The van der Waals surface area contributed by atoms with Crippen molar-refractivity contribution in [3.63, 3.8) is 0 Å². The van der Waals surface area contributed by atoms with Gasteiger partial charge in [0.15, 0.2) is 5.16 Å². The number of benzene rings is 1. The van der Waals surface area contributed by atoms with E-state index in [1.165, 1.54) is 17.3 Å². The summed E-state index contributed by atoms with van der Waals surface area (Å²) in [6.07, 6.45) is 2.01. The smallest absolute Gasteiger partial charge is 0.230 e. The topological polar surface area (TPSA) is 58.1 Å². The number of piperidine rings is 1. The van der Waals surface area contributed by atoms with Gasteiger partial charge in [0.05, 0.1) is 5.75 Å². The van der Waals surface area contributed by atoms with Crippen molar-refractivity contribution in [2.75, 3.05) is 18.8 Å². The van der Waals surface area contributed by atoms with Gasteiger partial charge in [0.1, 0.15) is 0 Å². The number of carbonyl (C=O) groups is 1. The highest BCUT2D eigenvalue weighted by Gasteiger charge is 2.20. The van der Waals surface area contributed by atoms with E-state index in [4.69, 9.17) is 0 Å². The van der Waals surface area contributed by atoms with Gasteiger partial charge in [0.25, 0.3) is 0 Å². The van der Waals surface area contributed by atoms with Crippen LogP contribution in [0.15, 0.2) is 41.6 Å². The average Bonchev–Trinajstić information content (AvgIpc) is 2.62. The molecule has 1 aliphatic rings. The highest BCUT2D eigenvalue weighted by Crippen LogP contribution is 2.16. The van der Waals surface area contributed by atoms with Crippen LogP contribution in [0.25, 0.3) is 0 Å². The zero-order chi connectivity index (χ0) is 18.4. The molecule has 2 aromatic rings. The van der Waals surface area contributed by atoms with Crippen LogP contribution in [-0.2, 0) is 11.3 Å². The minimum absolute atomic E-state index is 0.0688. The fourth-order valence-electron chi connectivity index (χ4n) is 3.23. The summed E-state index contributed by atoms with van der Waals surface area (Å²) in [5.74, 6) is 0.437. The summed E-state index contributed by atoms with van der Waals surface area (Å²) in [6.45, 7) is 6.92. The van der Waals surface area contributed by atoms with E-state index in [1.807, 2.05) is 26.0 Å². The fraction of sp³-hybridized carbons (Fsp3) is 0.450. The summed E-state index contributed by atoms with van der Waals surface area (Å²) in [5, 5.41) is 3.84. The van der Waals surface area contributed by atoms with Crippen LogP contribution in [0.2, 0.25) is 0 Å². The third kappa shape index (κ3) is 5.81. The lowest BCUT2D eigenvalue weighted by Gasteiger charge is -2.32. The normalized spacial score (nSPS) is 15.8. The molecular weight excluding hydrogens is 344 g/mol. The molecule has 0 spiro atoms. The number of aryl methyl sites for hydroxylation is 2. The largest absolute Gasteiger partial charge is 0.353 e. The Hall–Kier alpha value is -1.92. The predicted molar refractivity (Wildman–Crippen MR) is 105 cm³/mol. The van der Waals surface area contributed by atoms with Crippen LogP contribution in [0.5, 0.6) is 0 Å². The number of amides is 1. The Morgan fingerprint density at radius 2 is 1.81 bits per heavy atom. The standard InChI is InChI=1S/C20H26N4OS/c1-15-12-16(2)22-20(21-15)26-14-19(25)23-18-8-10-24(11-9-18)13-17-6-4-3-5-7-17/h3-7,12,18H,8-11,13-14H2,1-2H3,(H,23,25). The van der Waals surface area contributed by atoms with Crippen LogP contribution in [0.4, 0.5) is 0 Å². The van der Waals surface area contributed by atoms with Crippen molar-refractivity contribution in [2.45, 2.75) is 44.4 Å². The van der Waals surface area contributed by atoms with Gasteiger partial charge in [-0.2, -0.15) is 0 Å². The van der Waals surface area contributed by atoms with Crippen molar-refractivity contribution in [2.24, 2.45) is 0 Å². The van der Waals surface area contributed by atoms with E-state index in [9.17, 15) is 4.79 Å². The Bertz CT molecular complexity index is 710. The Morgan fingerprint density at radius 1 is 1.15 bits per heavy atom. The monoisotopic (exact) mass is 370 g/mol. The lowest BCUT2D eigenvalue weighted by atomic mass is 10.0. The Kier molecular flexibility index (Phi) is 6.63. The molecule has 1 N–H and O–H groups in total. The molecule has 0 saturated carbocycles. The minimum atomic E-state index is 0.0688. The maximum Gasteiger partial charge on any atom is 0.230 e. The molecule has 5 nitrogen and oxygen atoms in total. The highest BCUT2D eigenvalue weighted by atomic mass is 32.2. The van der Waals surface area contributed by atoms with Gasteiger partial charge in [-0.05, 0) is 38.3 Å². The first kappa shape index (κ1) is 18.9. The summed E-state index contributed by atoms with van der Waals surface area (Å²) in [4.78, 5) is 23.4. The van der Waals surface area contributed by atoms with Gasteiger partial charge in [-0.3, -0.25) is 9.69 Å². The molecule has 1 saturated heterocycles. The first-order valence-electron chi connectivity index (χ1n) is 9.09. The molecule has 3 rings (SSSR count). The predicted octanol–water partition coefficient (Wildman–Crippen LogP) is 2.97. The molecule has 0 radical (unpaired) electrons. The van der Waals surface area contributed by atoms with Crippen molar-refractivity contribution in [1.29, 1.82) is 0 Å². The van der Waals surface area contributed by atoms with Gasteiger partial charge in [0, 0.05) is 37.1 Å². The minimum Gasteiger partial charge on any atom is -0.353 e. The van der Waals surface area contributed by atoms with Crippen LogP contribution >= 0.6 is 11.8 Å². The third-order valence-corrected chi connectivity index (χ3v) is 5.34. The lowest BCUT2D eigenvalue weighted by molar-refractivity contribution is -0.119. The summed E-state index contributed by atoms with van der Waals surface area (Å²) in [5.41, 5.74) is 3.22. The zero-order valence-electron chi connectivity index (χ0n) is 15.4. The van der Waals surface area contributed by atoms with Gasteiger partial charge >= 0.3 is 0 Å². The molecule has 0 atom stereocenters. The summed E-state index contributed by atoms with van der Waals surface area (Å²) >= 11 is 1.40. The molecule has 138 valence electrons. The maximum absolute atomic E-state index is 12.2. The van der Waals surface area contributed by atoms with E-state index in [1.54, 1.807) is 0 Å². The Balaban J connectivity index is 1.39. The maximum atomic E-state index is 12.2. The molecule has 1 aromatic carbocycles. The van der Waals surface area contributed by atoms with Crippen LogP contribution in [0.3, 0.4) is 0 Å². The zero-order valence-corrected chi connectivity index (χ0v) is 16.3. The third-order valence-electron chi connectivity index (χ3n) is 4.50. The molecule has 0 aliphatic carbocycles. The van der Waals surface area contributed by atoms with E-state index in [-0.39, 0.29) is 11.9 Å². The Labute approximate surface area is 159 Å². The summed E-state index contributed by atoms with van der Waals surface area (Å²) in [7, 11) is 0. The molecule has 26 heavy (non-hydrogen) atoms. The molecule has 0 bridgehead atoms. The highest BCUT2D eigenvalue weighted by molar-refractivity contribution is 7.99. The summed E-state index contributed by atoms with van der Waals surface area (Å²) < 4.78 is 0.